The molecular weight excluding hydrogens is 841 g/mol. The summed E-state index contributed by atoms with van der Waals surface area (Å²) < 4.78 is 16.7. The standard InChI is InChI=1S/C62H100O6/c1-4-7-10-13-16-19-22-25-27-29-31-33-34-37-40-43-46-49-52-55-61(64)67-58-59(57-66-60(63)54-51-48-45-42-39-36-24-21-18-15-12-9-6-3)68-62(65)56-53-50-47-44-41-38-35-32-30-28-26-23-20-17-14-11-8-5-2/h7,10,16-17,19-20,23,25-28,30-33,35-36,39,45,48,59H,4-6,8-9,11-15,18,21-22,24,29,34,37-38,40-44,46-47,49-58H2,1-3H3/b10-7-,19-16-,20-17-,26-23-,27-25-,30-28-,33-31-,35-32-,39-36-,48-45-. The smallest absolute Gasteiger partial charge is 0.306 e. The van der Waals surface area contributed by atoms with E-state index in [9.17, 15) is 14.4 Å². The number of allylic oxidation sites excluding steroid dienone is 20. The van der Waals surface area contributed by atoms with E-state index in [2.05, 4.69) is 136 Å². The molecule has 0 N–H and O–H groups in total. The van der Waals surface area contributed by atoms with E-state index >= 15 is 0 Å². The van der Waals surface area contributed by atoms with E-state index in [0.29, 0.717) is 12.8 Å². The third-order valence-electron chi connectivity index (χ3n) is 11.3. The summed E-state index contributed by atoms with van der Waals surface area (Å²) in [7, 11) is 0. The van der Waals surface area contributed by atoms with Crippen LogP contribution in [0.15, 0.2) is 122 Å². The summed E-state index contributed by atoms with van der Waals surface area (Å²) in [6.45, 7) is 6.38. The molecule has 6 nitrogen and oxygen atoms in total. The Morgan fingerprint density at radius 2 is 0.662 bits per heavy atom. The Bertz CT molecular complexity index is 1450. The summed E-state index contributed by atoms with van der Waals surface area (Å²) in [4.78, 5) is 38.1. The molecule has 0 amide bonds. The minimum Gasteiger partial charge on any atom is -0.462 e. The number of carbonyl (C=O) groups is 3. The van der Waals surface area contributed by atoms with Crippen LogP contribution in [0.2, 0.25) is 0 Å². The molecule has 0 aromatic heterocycles. The fraction of sp³-hybridized carbons (Fsp3) is 0.629. The Hall–Kier alpha value is -4.19. The van der Waals surface area contributed by atoms with Gasteiger partial charge >= 0.3 is 17.9 Å². The Morgan fingerprint density at radius 3 is 1.15 bits per heavy atom. The van der Waals surface area contributed by atoms with E-state index < -0.39 is 6.10 Å². The fourth-order valence-electron chi connectivity index (χ4n) is 7.14. The molecular formula is C62H100O6. The van der Waals surface area contributed by atoms with Crippen LogP contribution in [0.3, 0.4) is 0 Å². The van der Waals surface area contributed by atoms with Gasteiger partial charge in [-0.05, 0) is 103 Å². The van der Waals surface area contributed by atoms with Crippen LogP contribution in [0.4, 0.5) is 0 Å². The molecule has 6 heteroatoms. The van der Waals surface area contributed by atoms with Gasteiger partial charge in [-0.3, -0.25) is 14.4 Å². The van der Waals surface area contributed by atoms with Crippen LogP contribution in [-0.2, 0) is 28.6 Å². The predicted molar refractivity (Wildman–Crippen MR) is 293 cm³/mol. The van der Waals surface area contributed by atoms with Crippen molar-refractivity contribution in [3.63, 3.8) is 0 Å². The maximum Gasteiger partial charge on any atom is 0.306 e. The third-order valence-corrected chi connectivity index (χ3v) is 11.3. The van der Waals surface area contributed by atoms with Crippen LogP contribution in [0.5, 0.6) is 0 Å². The molecule has 0 bridgehead atoms. The van der Waals surface area contributed by atoms with Crippen LogP contribution in [-0.4, -0.2) is 37.2 Å². The van der Waals surface area contributed by atoms with E-state index in [-0.39, 0.29) is 44.0 Å². The minimum absolute atomic E-state index is 0.116. The molecule has 0 heterocycles. The Labute approximate surface area is 418 Å². The van der Waals surface area contributed by atoms with Crippen molar-refractivity contribution in [2.24, 2.45) is 0 Å². The van der Waals surface area contributed by atoms with Crippen molar-refractivity contribution in [1.82, 2.24) is 0 Å². The first-order valence-corrected chi connectivity index (χ1v) is 27.6. The van der Waals surface area contributed by atoms with Crippen molar-refractivity contribution < 1.29 is 28.6 Å². The summed E-state index contributed by atoms with van der Waals surface area (Å²) in [5.41, 5.74) is 0. The second-order valence-corrected chi connectivity index (χ2v) is 17.8. The van der Waals surface area contributed by atoms with Crippen molar-refractivity contribution in [3.8, 4) is 0 Å². The van der Waals surface area contributed by atoms with Gasteiger partial charge < -0.3 is 14.2 Å². The lowest BCUT2D eigenvalue weighted by atomic mass is 10.1. The van der Waals surface area contributed by atoms with Crippen molar-refractivity contribution in [1.29, 1.82) is 0 Å². The zero-order valence-corrected chi connectivity index (χ0v) is 43.8. The SMILES string of the molecule is CC/C=C\C/C=C\C/C=C\C/C=C\CCCCCCCCC(=O)OCC(COC(=O)CC/C=C\C/C=C\CCCCCCCC)OC(=O)CCCCCCC\C=C/C=C\C=C/C=C\CCCCC. The number of ether oxygens (including phenoxy) is 3. The number of unbranched alkanes of at least 4 members (excludes halogenated alkanes) is 20. The van der Waals surface area contributed by atoms with Gasteiger partial charge in [-0.15, -0.1) is 0 Å². The number of hydrogen-bond donors (Lipinski definition) is 0. The van der Waals surface area contributed by atoms with E-state index in [1.54, 1.807) is 0 Å². The highest BCUT2D eigenvalue weighted by Gasteiger charge is 2.19. The van der Waals surface area contributed by atoms with Crippen LogP contribution in [0.25, 0.3) is 0 Å². The maximum absolute atomic E-state index is 12.8. The highest BCUT2D eigenvalue weighted by atomic mass is 16.6. The zero-order valence-electron chi connectivity index (χ0n) is 43.8. The van der Waals surface area contributed by atoms with E-state index in [0.717, 1.165) is 116 Å². The molecule has 384 valence electrons. The maximum atomic E-state index is 12.8. The average Bonchev–Trinajstić information content (AvgIpc) is 3.34. The first kappa shape index (κ1) is 63.8. The molecule has 0 saturated carbocycles. The van der Waals surface area contributed by atoms with Gasteiger partial charge in [-0.2, -0.15) is 0 Å². The molecule has 0 fully saturated rings. The normalized spacial score (nSPS) is 13.0. The Kier molecular flexibility index (Phi) is 52.0. The molecule has 0 aliphatic rings. The minimum atomic E-state index is -0.823. The molecule has 0 rings (SSSR count). The highest BCUT2D eigenvalue weighted by Crippen LogP contribution is 2.13. The van der Waals surface area contributed by atoms with Gasteiger partial charge in [0.1, 0.15) is 13.2 Å². The molecule has 1 unspecified atom stereocenters. The lowest BCUT2D eigenvalue weighted by molar-refractivity contribution is -0.166. The van der Waals surface area contributed by atoms with E-state index in [1.165, 1.54) is 70.6 Å². The second kappa shape index (κ2) is 55.4. The monoisotopic (exact) mass is 941 g/mol. The first-order chi connectivity index (χ1) is 33.5. The summed E-state index contributed by atoms with van der Waals surface area (Å²) >= 11 is 0. The Morgan fingerprint density at radius 1 is 0.324 bits per heavy atom. The topological polar surface area (TPSA) is 78.9 Å². The number of esters is 3. The van der Waals surface area contributed by atoms with E-state index in [1.807, 2.05) is 6.08 Å². The largest absolute Gasteiger partial charge is 0.462 e. The van der Waals surface area contributed by atoms with Crippen LogP contribution < -0.4 is 0 Å². The van der Waals surface area contributed by atoms with Gasteiger partial charge in [-0.1, -0.05) is 232 Å². The summed E-state index contributed by atoms with van der Waals surface area (Å²) in [6.07, 6.45) is 76.2. The molecule has 0 radical (unpaired) electrons. The summed E-state index contributed by atoms with van der Waals surface area (Å²) in [5, 5.41) is 0. The number of hydrogen-bond acceptors (Lipinski definition) is 6. The molecule has 0 aliphatic carbocycles. The summed E-state index contributed by atoms with van der Waals surface area (Å²) in [5.74, 6) is -1.03. The molecule has 0 aromatic rings. The van der Waals surface area contributed by atoms with E-state index in [4.69, 9.17) is 14.2 Å². The molecule has 0 aromatic carbocycles. The van der Waals surface area contributed by atoms with Gasteiger partial charge in [0, 0.05) is 19.3 Å². The van der Waals surface area contributed by atoms with Crippen LogP contribution in [0.1, 0.15) is 233 Å². The Balaban J connectivity index is 4.53. The van der Waals surface area contributed by atoms with Crippen LogP contribution in [0, 0.1) is 0 Å². The third kappa shape index (κ3) is 52.8. The highest BCUT2D eigenvalue weighted by molar-refractivity contribution is 5.71. The molecule has 0 spiro atoms. The van der Waals surface area contributed by atoms with Gasteiger partial charge in [0.05, 0.1) is 0 Å². The molecule has 1 atom stereocenters. The van der Waals surface area contributed by atoms with Crippen molar-refractivity contribution in [2.45, 2.75) is 239 Å². The number of carbonyl (C=O) groups excluding carboxylic acids is 3. The predicted octanol–water partition coefficient (Wildman–Crippen LogP) is 18.5. The number of rotatable bonds is 48. The van der Waals surface area contributed by atoms with Gasteiger partial charge in [0.15, 0.2) is 6.10 Å². The lowest BCUT2D eigenvalue weighted by Gasteiger charge is -2.18. The van der Waals surface area contributed by atoms with Gasteiger partial charge in [-0.25, -0.2) is 0 Å². The van der Waals surface area contributed by atoms with Crippen molar-refractivity contribution in [2.75, 3.05) is 13.2 Å². The zero-order chi connectivity index (χ0) is 49.3. The second-order valence-electron chi connectivity index (χ2n) is 17.8. The summed E-state index contributed by atoms with van der Waals surface area (Å²) in [6, 6.07) is 0. The average molecular weight is 941 g/mol. The van der Waals surface area contributed by atoms with Crippen LogP contribution >= 0.6 is 0 Å². The lowest BCUT2D eigenvalue weighted by Crippen LogP contribution is -2.30. The van der Waals surface area contributed by atoms with Gasteiger partial charge in [0.2, 0.25) is 0 Å². The fourth-order valence-corrected chi connectivity index (χ4v) is 7.14. The molecule has 0 aliphatic heterocycles. The first-order valence-electron chi connectivity index (χ1n) is 27.6. The van der Waals surface area contributed by atoms with Crippen molar-refractivity contribution >= 4 is 17.9 Å². The quantitative estimate of drug-likeness (QED) is 0.0199. The van der Waals surface area contributed by atoms with Gasteiger partial charge in [0.25, 0.3) is 0 Å². The van der Waals surface area contributed by atoms with Crippen molar-refractivity contribution in [3.05, 3.63) is 122 Å². The molecule has 68 heavy (non-hydrogen) atoms. The molecule has 0 saturated heterocycles.